The van der Waals surface area contributed by atoms with Crippen molar-refractivity contribution in [2.24, 2.45) is 0 Å². The Morgan fingerprint density at radius 3 is 1.04 bits per heavy atom. The molecule has 0 aliphatic carbocycles. The molecule has 0 aliphatic rings. The first-order valence-corrected chi connectivity index (χ1v) is 17.2. The minimum Gasteiger partial charge on any atom is -0.309 e. The Hall–Kier alpha value is -6.64. The van der Waals surface area contributed by atoms with Crippen LogP contribution in [-0.2, 0) is 0 Å². The fourth-order valence-electron chi connectivity index (χ4n) is 7.77. The molecule has 0 N–H and O–H groups in total. The van der Waals surface area contributed by atoms with Crippen LogP contribution in [0.15, 0.2) is 194 Å². The summed E-state index contributed by atoms with van der Waals surface area (Å²) < 4.78 is 4.81. The van der Waals surface area contributed by atoms with E-state index in [4.69, 9.17) is 0 Å². The van der Waals surface area contributed by atoms with Crippen LogP contribution >= 0.6 is 0 Å². The molecule has 0 fully saturated rings. The van der Waals surface area contributed by atoms with E-state index in [-0.39, 0.29) is 0 Å². The van der Waals surface area contributed by atoms with Gasteiger partial charge in [-0.15, -0.1) is 0 Å². The van der Waals surface area contributed by atoms with E-state index >= 15 is 0 Å². The molecule has 0 unspecified atom stereocenters. The molecule has 234 valence electrons. The van der Waals surface area contributed by atoms with Crippen molar-refractivity contribution < 1.29 is 0 Å². The van der Waals surface area contributed by atoms with Gasteiger partial charge in [-0.25, -0.2) is 0 Å². The van der Waals surface area contributed by atoms with E-state index in [1.54, 1.807) is 0 Å². The van der Waals surface area contributed by atoms with Gasteiger partial charge in [0.25, 0.3) is 0 Å². The molecule has 2 heteroatoms. The third-order valence-electron chi connectivity index (χ3n) is 10.1. The van der Waals surface area contributed by atoms with Crippen molar-refractivity contribution in [3.8, 4) is 44.8 Å². The summed E-state index contributed by atoms with van der Waals surface area (Å²) >= 11 is 0. The predicted octanol–water partition coefficient (Wildman–Crippen LogP) is 12.9. The number of aromatic nitrogens is 2. The van der Waals surface area contributed by atoms with Gasteiger partial charge >= 0.3 is 0 Å². The number of para-hydroxylation sites is 2. The van der Waals surface area contributed by atoms with Gasteiger partial charge in [0.2, 0.25) is 0 Å². The maximum atomic E-state index is 2.40. The van der Waals surface area contributed by atoms with Gasteiger partial charge in [0.15, 0.2) is 0 Å². The molecule has 0 bridgehead atoms. The molecule has 2 heterocycles. The van der Waals surface area contributed by atoms with E-state index in [0.29, 0.717) is 0 Å². The van der Waals surface area contributed by atoms with Crippen molar-refractivity contribution in [1.29, 1.82) is 0 Å². The van der Waals surface area contributed by atoms with Gasteiger partial charge in [-0.1, -0.05) is 133 Å². The van der Waals surface area contributed by atoms with Crippen LogP contribution in [0.3, 0.4) is 0 Å². The van der Waals surface area contributed by atoms with Gasteiger partial charge in [-0.2, -0.15) is 0 Å². The zero-order valence-electron chi connectivity index (χ0n) is 27.4. The smallest absolute Gasteiger partial charge is 0.0541 e. The average Bonchev–Trinajstić information content (AvgIpc) is 3.71. The first kappa shape index (κ1) is 28.4. The van der Waals surface area contributed by atoms with E-state index in [0.717, 1.165) is 11.4 Å². The monoisotopic (exact) mass is 636 g/mol. The highest BCUT2D eigenvalue weighted by molar-refractivity contribution is 6.12. The number of hydrogen-bond acceptors (Lipinski definition) is 0. The summed E-state index contributed by atoms with van der Waals surface area (Å²) in [7, 11) is 0. The Bertz CT molecular complexity index is 2660. The second-order valence-electron chi connectivity index (χ2n) is 13.0. The highest BCUT2D eigenvalue weighted by atomic mass is 15.0. The standard InChI is InChI=1S/C48H32N2/c1-3-13-33(14-4-1)35-17-11-19-39(29-35)49-45-23-9-7-21-41(45)43-31-37(25-27-47(43)49)38-26-28-48-44(32-38)42-22-8-10-24-46(42)50(48)40-20-12-18-36(30-40)34-15-5-2-6-16-34/h1-32H. The van der Waals surface area contributed by atoms with Crippen LogP contribution in [0.2, 0.25) is 0 Å². The van der Waals surface area contributed by atoms with E-state index in [1.807, 2.05) is 0 Å². The van der Waals surface area contributed by atoms with Gasteiger partial charge in [0.1, 0.15) is 0 Å². The van der Waals surface area contributed by atoms with Crippen LogP contribution in [0.5, 0.6) is 0 Å². The molecule has 0 atom stereocenters. The Labute approximate surface area is 290 Å². The summed E-state index contributed by atoms with van der Waals surface area (Å²) in [6.07, 6.45) is 0. The maximum absolute atomic E-state index is 2.40. The molecular formula is C48H32N2. The molecule has 0 radical (unpaired) electrons. The number of benzene rings is 8. The van der Waals surface area contributed by atoms with Crippen molar-refractivity contribution in [3.05, 3.63) is 194 Å². The Kier molecular flexibility index (Phi) is 6.53. The molecule has 0 amide bonds. The van der Waals surface area contributed by atoms with E-state index in [9.17, 15) is 0 Å². The van der Waals surface area contributed by atoms with Crippen molar-refractivity contribution in [3.63, 3.8) is 0 Å². The Morgan fingerprint density at radius 2 is 0.580 bits per heavy atom. The summed E-state index contributed by atoms with van der Waals surface area (Å²) in [6.45, 7) is 0. The molecule has 50 heavy (non-hydrogen) atoms. The molecule has 0 aliphatic heterocycles. The van der Waals surface area contributed by atoms with E-state index in [1.165, 1.54) is 77.0 Å². The zero-order chi connectivity index (χ0) is 33.0. The average molecular weight is 637 g/mol. The minimum absolute atomic E-state index is 1.16. The first-order valence-electron chi connectivity index (χ1n) is 17.2. The topological polar surface area (TPSA) is 9.86 Å². The zero-order valence-corrected chi connectivity index (χ0v) is 27.4. The largest absolute Gasteiger partial charge is 0.309 e. The minimum atomic E-state index is 1.16. The van der Waals surface area contributed by atoms with Crippen LogP contribution in [-0.4, -0.2) is 9.13 Å². The number of rotatable bonds is 5. The highest BCUT2D eigenvalue weighted by Crippen LogP contribution is 2.39. The van der Waals surface area contributed by atoms with Crippen LogP contribution in [0.4, 0.5) is 0 Å². The SMILES string of the molecule is c1ccc(-c2cccc(-n3c4ccccc4c4cc(-c5ccc6c(c5)c5ccccc5n6-c5cccc(-c6ccccc6)c5)ccc43)c2)cc1. The summed E-state index contributed by atoms with van der Waals surface area (Å²) in [5.41, 5.74) is 14.4. The maximum Gasteiger partial charge on any atom is 0.0541 e. The quantitative estimate of drug-likeness (QED) is 0.178. The van der Waals surface area contributed by atoms with Crippen LogP contribution in [0.25, 0.3) is 88.4 Å². The molecule has 10 aromatic rings. The van der Waals surface area contributed by atoms with Crippen LogP contribution in [0, 0.1) is 0 Å². The lowest BCUT2D eigenvalue weighted by Gasteiger charge is -2.11. The lowest BCUT2D eigenvalue weighted by molar-refractivity contribution is 1.18. The fourth-order valence-corrected chi connectivity index (χ4v) is 7.77. The second kappa shape index (κ2) is 11.5. The van der Waals surface area contributed by atoms with Gasteiger partial charge in [0.05, 0.1) is 22.1 Å². The van der Waals surface area contributed by atoms with Crippen molar-refractivity contribution >= 4 is 43.6 Å². The first-order chi connectivity index (χ1) is 24.8. The van der Waals surface area contributed by atoms with Gasteiger partial charge in [-0.3, -0.25) is 0 Å². The normalized spacial score (nSPS) is 11.6. The molecular weight excluding hydrogens is 605 g/mol. The lowest BCUT2D eigenvalue weighted by Crippen LogP contribution is -1.94. The van der Waals surface area contributed by atoms with Crippen molar-refractivity contribution in [1.82, 2.24) is 9.13 Å². The molecule has 2 aromatic heterocycles. The predicted molar refractivity (Wildman–Crippen MR) is 211 cm³/mol. The molecule has 8 aromatic carbocycles. The second-order valence-corrected chi connectivity index (χ2v) is 13.0. The molecule has 0 saturated heterocycles. The number of hydrogen-bond donors (Lipinski definition) is 0. The molecule has 0 saturated carbocycles. The van der Waals surface area contributed by atoms with Gasteiger partial charge in [0, 0.05) is 32.9 Å². The Balaban J connectivity index is 1.12. The summed E-state index contributed by atoms with van der Waals surface area (Å²) in [4.78, 5) is 0. The van der Waals surface area contributed by atoms with Gasteiger partial charge in [-0.05, 0) is 94.0 Å². The summed E-state index contributed by atoms with van der Waals surface area (Å²) in [5.74, 6) is 0. The summed E-state index contributed by atoms with van der Waals surface area (Å²) in [5, 5.41) is 5.02. The highest BCUT2D eigenvalue weighted by Gasteiger charge is 2.16. The fraction of sp³-hybridized carbons (Fsp3) is 0. The Morgan fingerprint density at radius 1 is 0.220 bits per heavy atom. The third-order valence-corrected chi connectivity index (χ3v) is 10.1. The molecule has 10 rings (SSSR count). The van der Waals surface area contributed by atoms with Crippen molar-refractivity contribution in [2.75, 3.05) is 0 Å². The van der Waals surface area contributed by atoms with Crippen LogP contribution < -0.4 is 0 Å². The van der Waals surface area contributed by atoms with E-state index in [2.05, 4.69) is 203 Å². The van der Waals surface area contributed by atoms with E-state index < -0.39 is 0 Å². The lowest BCUT2D eigenvalue weighted by atomic mass is 10.0. The molecule has 0 spiro atoms. The van der Waals surface area contributed by atoms with Crippen molar-refractivity contribution in [2.45, 2.75) is 0 Å². The number of fused-ring (bicyclic) bond motifs is 6. The van der Waals surface area contributed by atoms with Gasteiger partial charge < -0.3 is 9.13 Å². The van der Waals surface area contributed by atoms with Crippen LogP contribution in [0.1, 0.15) is 0 Å². The molecule has 2 nitrogen and oxygen atoms in total. The number of nitrogens with zero attached hydrogens (tertiary/aromatic N) is 2. The third kappa shape index (κ3) is 4.57. The summed E-state index contributed by atoms with van der Waals surface area (Å²) in [6, 6.07) is 70.4.